The van der Waals surface area contributed by atoms with Crippen molar-refractivity contribution in [1.82, 2.24) is 9.55 Å². The Morgan fingerprint density at radius 3 is 2.28 bits per heavy atom. The second-order valence-electron chi connectivity index (χ2n) is 5.97. The number of aromatic nitrogens is 2. The molecular formula is C21H17N3O. The van der Waals surface area contributed by atoms with Crippen molar-refractivity contribution in [2.45, 2.75) is 6.54 Å². The average Bonchev–Trinajstić information content (AvgIpc) is 2.66. The number of hydrogen-bond acceptors (Lipinski definition) is 3. The van der Waals surface area contributed by atoms with Gasteiger partial charge in [0.05, 0.1) is 6.54 Å². The zero-order valence-electron chi connectivity index (χ0n) is 13.6. The lowest BCUT2D eigenvalue weighted by atomic mass is 10.1. The molecule has 0 amide bonds. The first kappa shape index (κ1) is 15.1. The minimum atomic E-state index is -0.145. The number of hydrogen-bond donors (Lipinski definition) is 1. The predicted molar refractivity (Wildman–Crippen MR) is 101 cm³/mol. The van der Waals surface area contributed by atoms with E-state index >= 15 is 0 Å². The molecule has 4 rings (SSSR count). The predicted octanol–water partition coefficient (Wildman–Crippen LogP) is 3.69. The Kier molecular flexibility index (Phi) is 3.78. The molecule has 4 heteroatoms. The third kappa shape index (κ3) is 2.90. The van der Waals surface area contributed by atoms with Crippen molar-refractivity contribution in [1.29, 1.82) is 0 Å². The molecule has 0 saturated carbocycles. The quantitative estimate of drug-likeness (QED) is 0.624. The van der Waals surface area contributed by atoms with Gasteiger partial charge < -0.3 is 5.73 Å². The summed E-state index contributed by atoms with van der Waals surface area (Å²) in [4.78, 5) is 17.0. The Morgan fingerprint density at radius 2 is 1.56 bits per heavy atom. The molecule has 2 heterocycles. The van der Waals surface area contributed by atoms with E-state index in [1.54, 1.807) is 10.8 Å². The summed E-state index contributed by atoms with van der Waals surface area (Å²) in [5.41, 5.74) is 10.1. The fourth-order valence-corrected chi connectivity index (χ4v) is 2.99. The van der Waals surface area contributed by atoms with Gasteiger partial charge in [-0.2, -0.15) is 0 Å². The minimum Gasteiger partial charge on any atom is -0.398 e. The molecule has 0 aliphatic heterocycles. The summed E-state index contributed by atoms with van der Waals surface area (Å²) in [7, 11) is 0. The molecule has 0 radical (unpaired) electrons. The molecule has 2 aromatic heterocycles. The molecule has 25 heavy (non-hydrogen) atoms. The number of fused-ring (bicyclic) bond motifs is 1. The largest absolute Gasteiger partial charge is 0.398 e. The van der Waals surface area contributed by atoms with Crippen LogP contribution in [0.3, 0.4) is 0 Å². The third-order valence-corrected chi connectivity index (χ3v) is 4.27. The van der Waals surface area contributed by atoms with Gasteiger partial charge in [-0.15, -0.1) is 0 Å². The molecule has 0 bridgehead atoms. The fraction of sp³-hybridized carbons (Fsp3) is 0.0476. The molecule has 0 aliphatic rings. The number of anilines is 1. The van der Waals surface area contributed by atoms with Gasteiger partial charge in [-0.05, 0) is 17.2 Å². The highest BCUT2D eigenvalue weighted by Gasteiger charge is 2.10. The fourth-order valence-electron chi connectivity index (χ4n) is 2.99. The highest BCUT2D eigenvalue weighted by Crippen LogP contribution is 2.25. The smallest absolute Gasteiger partial charge is 0.254 e. The van der Waals surface area contributed by atoms with Crippen molar-refractivity contribution < 1.29 is 0 Å². The summed E-state index contributed by atoms with van der Waals surface area (Å²) in [6.45, 7) is 0.466. The highest BCUT2D eigenvalue weighted by atomic mass is 16.1. The Hall–Kier alpha value is -3.40. The third-order valence-electron chi connectivity index (χ3n) is 4.27. The average molecular weight is 327 g/mol. The van der Waals surface area contributed by atoms with Gasteiger partial charge >= 0.3 is 0 Å². The van der Waals surface area contributed by atoms with E-state index in [0.717, 1.165) is 22.1 Å². The van der Waals surface area contributed by atoms with E-state index in [1.807, 2.05) is 66.7 Å². The second-order valence-corrected chi connectivity index (χ2v) is 5.97. The summed E-state index contributed by atoms with van der Waals surface area (Å²) < 4.78 is 1.66. The maximum atomic E-state index is 12.5. The van der Waals surface area contributed by atoms with E-state index in [9.17, 15) is 4.79 Å². The maximum absolute atomic E-state index is 12.5. The number of rotatable bonds is 3. The van der Waals surface area contributed by atoms with Crippen LogP contribution in [0.2, 0.25) is 0 Å². The molecule has 4 nitrogen and oxygen atoms in total. The molecule has 0 fully saturated rings. The topological polar surface area (TPSA) is 60.9 Å². The van der Waals surface area contributed by atoms with Crippen LogP contribution in [0, 0.1) is 0 Å². The summed E-state index contributed by atoms with van der Waals surface area (Å²) >= 11 is 0. The number of benzene rings is 2. The van der Waals surface area contributed by atoms with Crippen LogP contribution >= 0.6 is 0 Å². The minimum absolute atomic E-state index is 0.145. The normalized spacial score (nSPS) is 10.9. The van der Waals surface area contributed by atoms with Gasteiger partial charge in [0.15, 0.2) is 0 Å². The van der Waals surface area contributed by atoms with Crippen molar-refractivity contribution in [2.75, 3.05) is 5.73 Å². The van der Waals surface area contributed by atoms with Gasteiger partial charge in [0, 0.05) is 28.9 Å². The summed E-state index contributed by atoms with van der Waals surface area (Å²) in [5, 5.41) is 0.789. The number of nitrogen functional groups attached to an aromatic ring is 1. The highest BCUT2D eigenvalue weighted by molar-refractivity contribution is 5.90. The monoisotopic (exact) mass is 327 g/mol. The standard InChI is InChI=1S/C21H17N3O/c22-19-12-20(25)24(14-15-7-3-1-4-8-15)21-18(19)11-17(13-23-21)16-9-5-2-6-10-16/h1-13H,14,22H2. The molecule has 2 N–H and O–H groups in total. The van der Waals surface area contributed by atoms with E-state index in [4.69, 9.17) is 5.73 Å². The van der Waals surface area contributed by atoms with Crippen LogP contribution in [0.15, 0.2) is 83.8 Å². The van der Waals surface area contributed by atoms with Gasteiger partial charge in [0.25, 0.3) is 5.56 Å². The molecule has 0 saturated heterocycles. The number of nitrogens with two attached hydrogens (primary N) is 1. The van der Waals surface area contributed by atoms with Gasteiger partial charge in [-0.1, -0.05) is 60.7 Å². The summed E-state index contributed by atoms with van der Waals surface area (Å²) in [6, 6.07) is 23.3. The molecule has 122 valence electrons. The Morgan fingerprint density at radius 1 is 0.880 bits per heavy atom. The lowest BCUT2D eigenvalue weighted by Gasteiger charge is -2.12. The molecule has 0 aliphatic carbocycles. The molecule has 2 aromatic carbocycles. The summed E-state index contributed by atoms with van der Waals surface area (Å²) in [6.07, 6.45) is 1.79. The van der Waals surface area contributed by atoms with Crippen molar-refractivity contribution in [2.24, 2.45) is 0 Å². The SMILES string of the molecule is Nc1cc(=O)n(Cc2ccccc2)c2ncc(-c3ccccc3)cc12. The van der Waals surface area contributed by atoms with Crippen molar-refractivity contribution in [3.8, 4) is 11.1 Å². The van der Waals surface area contributed by atoms with E-state index in [1.165, 1.54) is 6.07 Å². The van der Waals surface area contributed by atoms with Gasteiger partial charge in [0.1, 0.15) is 5.65 Å². The first-order valence-corrected chi connectivity index (χ1v) is 8.11. The molecule has 4 aromatic rings. The van der Waals surface area contributed by atoms with E-state index in [2.05, 4.69) is 4.98 Å². The lowest BCUT2D eigenvalue weighted by molar-refractivity contribution is 0.784. The van der Waals surface area contributed by atoms with Crippen LogP contribution < -0.4 is 11.3 Å². The number of nitrogens with zero attached hydrogens (tertiary/aromatic N) is 2. The van der Waals surface area contributed by atoms with Crippen LogP contribution in [0.4, 0.5) is 5.69 Å². The number of pyridine rings is 2. The Labute approximate surface area is 145 Å². The first-order valence-electron chi connectivity index (χ1n) is 8.11. The van der Waals surface area contributed by atoms with Crippen LogP contribution in [0.5, 0.6) is 0 Å². The zero-order chi connectivity index (χ0) is 17.2. The van der Waals surface area contributed by atoms with Gasteiger partial charge in [0.2, 0.25) is 0 Å². The lowest BCUT2D eigenvalue weighted by Crippen LogP contribution is -2.22. The van der Waals surface area contributed by atoms with E-state index in [0.29, 0.717) is 17.9 Å². The van der Waals surface area contributed by atoms with Gasteiger partial charge in [-0.25, -0.2) is 4.98 Å². The van der Waals surface area contributed by atoms with Crippen LogP contribution in [-0.2, 0) is 6.54 Å². The van der Waals surface area contributed by atoms with Crippen LogP contribution in [0.25, 0.3) is 22.2 Å². The van der Waals surface area contributed by atoms with Crippen molar-refractivity contribution >= 4 is 16.7 Å². The molecule has 0 unspecified atom stereocenters. The molecule has 0 spiro atoms. The molecular weight excluding hydrogens is 310 g/mol. The summed E-state index contributed by atoms with van der Waals surface area (Å²) in [5.74, 6) is 0. The second kappa shape index (κ2) is 6.24. The van der Waals surface area contributed by atoms with Crippen molar-refractivity contribution in [3.05, 3.63) is 94.9 Å². The van der Waals surface area contributed by atoms with Crippen LogP contribution in [0.1, 0.15) is 5.56 Å². The molecule has 0 atom stereocenters. The Balaban J connectivity index is 1.88. The van der Waals surface area contributed by atoms with E-state index in [-0.39, 0.29) is 5.56 Å². The Bertz CT molecular complexity index is 1090. The van der Waals surface area contributed by atoms with E-state index < -0.39 is 0 Å². The van der Waals surface area contributed by atoms with Crippen molar-refractivity contribution in [3.63, 3.8) is 0 Å². The van der Waals surface area contributed by atoms with Gasteiger partial charge in [-0.3, -0.25) is 9.36 Å². The maximum Gasteiger partial charge on any atom is 0.254 e. The first-order chi connectivity index (χ1) is 12.2. The van der Waals surface area contributed by atoms with Crippen LogP contribution in [-0.4, -0.2) is 9.55 Å². The zero-order valence-corrected chi connectivity index (χ0v) is 13.6.